The largest absolute Gasteiger partial charge is 0.480 e. The summed E-state index contributed by atoms with van der Waals surface area (Å²) in [7, 11) is 1.47. The third kappa shape index (κ3) is 1.52. The lowest BCUT2D eigenvalue weighted by atomic mass is 10.3. The number of ether oxygens (including phenoxy) is 1. The number of aryl methyl sites for hydroxylation is 1. The van der Waals surface area contributed by atoms with E-state index < -0.39 is 0 Å². The minimum Gasteiger partial charge on any atom is -0.480 e. The summed E-state index contributed by atoms with van der Waals surface area (Å²) in [6.45, 7) is 1.73. The fraction of sp³-hybridized carbons (Fsp3) is 0.286. The zero-order valence-electron chi connectivity index (χ0n) is 6.37. The number of hydrogen-bond donors (Lipinski definition) is 0. The third-order valence-electron chi connectivity index (χ3n) is 1.22. The van der Waals surface area contributed by atoms with Gasteiger partial charge in [-0.15, -0.1) is 0 Å². The number of rotatable bonds is 2. The van der Waals surface area contributed by atoms with Crippen LogP contribution < -0.4 is 4.74 Å². The number of hydrogen-bond acceptors (Lipinski definition) is 4. The van der Waals surface area contributed by atoms with Gasteiger partial charge in [0, 0.05) is 6.20 Å². The molecule has 0 radical (unpaired) electrons. The molecule has 0 saturated carbocycles. The summed E-state index contributed by atoms with van der Waals surface area (Å²) in [5, 5.41) is 0. The zero-order valence-corrected chi connectivity index (χ0v) is 6.37. The Hall–Kier alpha value is -1.45. The van der Waals surface area contributed by atoms with Crippen LogP contribution in [0.5, 0.6) is 5.88 Å². The van der Waals surface area contributed by atoms with Crippen LogP contribution in [-0.4, -0.2) is 23.4 Å². The summed E-state index contributed by atoms with van der Waals surface area (Å²) in [4.78, 5) is 18.1. The Kier molecular flexibility index (Phi) is 2.15. The molecule has 0 N–H and O–H groups in total. The molecule has 58 valence electrons. The zero-order chi connectivity index (χ0) is 8.27. The molecule has 0 bridgehead atoms. The first-order valence-electron chi connectivity index (χ1n) is 3.10. The van der Waals surface area contributed by atoms with Crippen molar-refractivity contribution < 1.29 is 9.53 Å². The van der Waals surface area contributed by atoms with Gasteiger partial charge in [0.1, 0.15) is 5.82 Å². The van der Waals surface area contributed by atoms with E-state index in [4.69, 9.17) is 4.74 Å². The molecule has 0 aliphatic heterocycles. The topological polar surface area (TPSA) is 52.1 Å². The first kappa shape index (κ1) is 7.65. The van der Waals surface area contributed by atoms with Gasteiger partial charge in [0.05, 0.1) is 12.7 Å². The van der Waals surface area contributed by atoms with Gasteiger partial charge in [-0.3, -0.25) is 4.79 Å². The molecular formula is C7H8N2O2. The van der Waals surface area contributed by atoms with Crippen molar-refractivity contribution in [1.29, 1.82) is 0 Å². The van der Waals surface area contributed by atoms with Crippen LogP contribution in [0.3, 0.4) is 0 Å². The maximum absolute atomic E-state index is 10.3. The molecule has 0 aliphatic rings. The number of methoxy groups -OCH3 is 1. The van der Waals surface area contributed by atoms with Gasteiger partial charge in [-0.1, -0.05) is 0 Å². The Balaban J connectivity index is 3.16. The number of carbonyl (C=O) groups excluding carboxylic acids is 1. The highest BCUT2D eigenvalue weighted by molar-refractivity contribution is 5.77. The molecule has 1 heterocycles. The van der Waals surface area contributed by atoms with Gasteiger partial charge >= 0.3 is 0 Å². The van der Waals surface area contributed by atoms with E-state index in [0.717, 1.165) is 0 Å². The number of aldehydes is 1. The van der Waals surface area contributed by atoms with E-state index in [0.29, 0.717) is 23.6 Å². The quantitative estimate of drug-likeness (QED) is 0.582. The molecule has 1 aromatic rings. The second kappa shape index (κ2) is 3.09. The van der Waals surface area contributed by atoms with Gasteiger partial charge in [-0.25, -0.2) is 4.98 Å². The lowest BCUT2D eigenvalue weighted by molar-refractivity contribution is 0.111. The summed E-state index contributed by atoms with van der Waals surface area (Å²) < 4.78 is 4.83. The Morgan fingerprint density at radius 3 is 2.91 bits per heavy atom. The molecule has 0 amide bonds. The maximum atomic E-state index is 10.3. The minimum atomic E-state index is 0.326. The fourth-order valence-corrected chi connectivity index (χ4v) is 0.703. The summed E-state index contributed by atoms with van der Waals surface area (Å²) in [5.41, 5.74) is 0.373. The molecule has 0 saturated heterocycles. The van der Waals surface area contributed by atoms with Crippen LogP contribution in [-0.2, 0) is 0 Å². The monoisotopic (exact) mass is 152 g/mol. The molecule has 0 aliphatic carbocycles. The first-order valence-corrected chi connectivity index (χ1v) is 3.10. The third-order valence-corrected chi connectivity index (χ3v) is 1.22. The normalized spacial score (nSPS) is 9.27. The van der Waals surface area contributed by atoms with Crippen LogP contribution in [0.25, 0.3) is 0 Å². The van der Waals surface area contributed by atoms with Crippen molar-refractivity contribution in [1.82, 2.24) is 9.97 Å². The Morgan fingerprint density at radius 1 is 1.64 bits per heavy atom. The molecule has 0 fully saturated rings. The lowest BCUT2D eigenvalue weighted by Crippen LogP contribution is -1.97. The van der Waals surface area contributed by atoms with E-state index in [2.05, 4.69) is 9.97 Å². The van der Waals surface area contributed by atoms with Crippen LogP contribution in [0.4, 0.5) is 0 Å². The van der Waals surface area contributed by atoms with E-state index in [1.165, 1.54) is 13.3 Å². The van der Waals surface area contributed by atoms with Gasteiger partial charge in [-0.05, 0) is 6.92 Å². The van der Waals surface area contributed by atoms with Gasteiger partial charge in [0.25, 0.3) is 0 Å². The summed E-state index contributed by atoms with van der Waals surface area (Å²) >= 11 is 0. The smallest absolute Gasteiger partial charge is 0.227 e. The van der Waals surface area contributed by atoms with Crippen molar-refractivity contribution in [2.24, 2.45) is 0 Å². The molecule has 1 aromatic heterocycles. The van der Waals surface area contributed by atoms with E-state index in [9.17, 15) is 4.79 Å². The van der Waals surface area contributed by atoms with Gasteiger partial charge < -0.3 is 4.74 Å². The number of carbonyl (C=O) groups is 1. The lowest BCUT2D eigenvalue weighted by Gasteiger charge is -2.00. The average Bonchev–Trinajstić information content (AvgIpc) is 2.04. The van der Waals surface area contributed by atoms with Crippen molar-refractivity contribution in [3.8, 4) is 5.88 Å². The van der Waals surface area contributed by atoms with Crippen LogP contribution in [0.15, 0.2) is 6.20 Å². The van der Waals surface area contributed by atoms with Crippen molar-refractivity contribution in [3.05, 3.63) is 17.6 Å². The highest BCUT2D eigenvalue weighted by Gasteiger charge is 2.02. The molecule has 1 rings (SSSR count). The molecule has 4 heteroatoms. The second-order valence-electron chi connectivity index (χ2n) is 2.00. The van der Waals surface area contributed by atoms with Crippen LogP contribution >= 0.6 is 0 Å². The summed E-state index contributed by atoms with van der Waals surface area (Å²) in [5.74, 6) is 0.917. The number of aromatic nitrogens is 2. The van der Waals surface area contributed by atoms with Crippen molar-refractivity contribution >= 4 is 6.29 Å². The summed E-state index contributed by atoms with van der Waals surface area (Å²) in [6, 6.07) is 0. The predicted molar refractivity (Wildman–Crippen MR) is 38.7 cm³/mol. The van der Waals surface area contributed by atoms with Crippen molar-refractivity contribution in [2.75, 3.05) is 7.11 Å². The molecule has 0 unspecified atom stereocenters. The SMILES string of the molecule is COc1nc(C)ncc1C=O. The van der Waals surface area contributed by atoms with E-state index in [1.54, 1.807) is 6.92 Å². The fourth-order valence-electron chi connectivity index (χ4n) is 0.703. The molecular weight excluding hydrogens is 144 g/mol. The summed E-state index contributed by atoms with van der Waals surface area (Å²) in [6.07, 6.45) is 2.10. The Morgan fingerprint density at radius 2 is 2.36 bits per heavy atom. The number of nitrogens with zero attached hydrogens (tertiary/aromatic N) is 2. The molecule has 0 atom stereocenters. The van der Waals surface area contributed by atoms with E-state index in [1.807, 2.05) is 0 Å². The van der Waals surface area contributed by atoms with Gasteiger partial charge in [0.15, 0.2) is 6.29 Å². The predicted octanol–water partition coefficient (Wildman–Crippen LogP) is 0.606. The van der Waals surface area contributed by atoms with E-state index in [-0.39, 0.29) is 0 Å². The van der Waals surface area contributed by atoms with Crippen LogP contribution in [0, 0.1) is 6.92 Å². The highest BCUT2D eigenvalue weighted by atomic mass is 16.5. The van der Waals surface area contributed by atoms with E-state index >= 15 is 0 Å². The average molecular weight is 152 g/mol. The van der Waals surface area contributed by atoms with Crippen LogP contribution in [0.2, 0.25) is 0 Å². The van der Waals surface area contributed by atoms with Gasteiger partial charge in [0.2, 0.25) is 5.88 Å². The maximum Gasteiger partial charge on any atom is 0.227 e. The van der Waals surface area contributed by atoms with Crippen molar-refractivity contribution in [3.63, 3.8) is 0 Å². The minimum absolute atomic E-state index is 0.326. The second-order valence-corrected chi connectivity index (χ2v) is 2.00. The van der Waals surface area contributed by atoms with Gasteiger partial charge in [-0.2, -0.15) is 4.98 Å². The highest BCUT2D eigenvalue weighted by Crippen LogP contribution is 2.10. The van der Waals surface area contributed by atoms with Crippen LogP contribution in [0.1, 0.15) is 16.2 Å². The molecule has 4 nitrogen and oxygen atoms in total. The van der Waals surface area contributed by atoms with Crippen molar-refractivity contribution in [2.45, 2.75) is 6.92 Å². The standard InChI is InChI=1S/C7H8N2O2/c1-5-8-3-6(4-10)7(9-5)11-2/h3-4H,1-2H3. The Bertz CT molecular complexity index is 273. The molecule has 11 heavy (non-hydrogen) atoms. The Labute approximate surface area is 64.2 Å². The molecule has 0 aromatic carbocycles. The molecule has 0 spiro atoms. The first-order chi connectivity index (χ1) is 5.27.